The van der Waals surface area contributed by atoms with E-state index in [1.165, 1.54) is 4.98 Å². The van der Waals surface area contributed by atoms with Crippen molar-refractivity contribution in [3.8, 4) is 0 Å². The van der Waals surface area contributed by atoms with Gasteiger partial charge in [-0.05, 0) is 6.07 Å². The van der Waals surface area contributed by atoms with E-state index in [-0.39, 0.29) is 6.07 Å². The van der Waals surface area contributed by atoms with E-state index in [4.69, 9.17) is 11.6 Å². The van der Waals surface area contributed by atoms with E-state index >= 15 is 0 Å². The molecule has 1 heterocycles. The van der Waals surface area contributed by atoms with Crippen LogP contribution < -0.4 is 5.56 Å². The Morgan fingerprint density at radius 2 is 1.87 bits per heavy atom. The molecule has 1 aromatic heterocycles. The predicted molar refractivity (Wildman–Crippen MR) is 42.0 cm³/mol. The number of alkyl halides is 5. The van der Waals surface area contributed by atoms with Crippen molar-refractivity contribution in [2.45, 2.75) is 12.6 Å². The standard InChI is InChI=1S/C7H3ClF5NO/c8-3-1-2(7(11,12)13)6(15)14-4(3)5(9)10/h1,5H,(H,14,15). The number of H-pyrrole nitrogens is 1. The van der Waals surface area contributed by atoms with Gasteiger partial charge in [-0.3, -0.25) is 4.79 Å². The lowest BCUT2D eigenvalue weighted by Gasteiger charge is -2.08. The van der Waals surface area contributed by atoms with Crippen molar-refractivity contribution in [2.75, 3.05) is 0 Å². The van der Waals surface area contributed by atoms with Gasteiger partial charge in [0.25, 0.3) is 12.0 Å². The van der Waals surface area contributed by atoms with E-state index in [1.54, 1.807) is 0 Å². The lowest BCUT2D eigenvalue weighted by atomic mass is 10.2. The first kappa shape index (κ1) is 12.0. The Kier molecular flexibility index (Phi) is 3.03. The van der Waals surface area contributed by atoms with Crippen LogP contribution in [0.1, 0.15) is 17.7 Å². The summed E-state index contributed by atoms with van der Waals surface area (Å²) in [7, 11) is 0. The summed E-state index contributed by atoms with van der Waals surface area (Å²) in [5.41, 5.74) is -4.26. The van der Waals surface area contributed by atoms with Crippen LogP contribution >= 0.6 is 11.6 Å². The van der Waals surface area contributed by atoms with Gasteiger partial charge in [0.2, 0.25) is 0 Å². The molecular formula is C7H3ClF5NO. The number of hydrogen-bond donors (Lipinski definition) is 1. The first-order valence-electron chi connectivity index (χ1n) is 3.51. The number of halogens is 6. The van der Waals surface area contributed by atoms with Gasteiger partial charge in [-0.2, -0.15) is 13.2 Å². The third-order valence-corrected chi connectivity index (χ3v) is 1.86. The van der Waals surface area contributed by atoms with E-state index in [0.29, 0.717) is 0 Å². The molecular weight excluding hydrogens is 245 g/mol. The third-order valence-electron chi connectivity index (χ3n) is 1.54. The topological polar surface area (TPSA) is 32.9 Å². The molecule has 0 fully saturated rings. The first-order valence-corrected chi connectivity index (χ1v) is 3.89. The van der Waals surface area contributed by atoms with Crippen molar-refractivity contribution >= 4 is 11.6 Å². The zero-order chi connectivity index (χ0) is 11.8. The SMILES string of the molecule is O=c1[nH]c(C(F)F)c(Cl)cc1C(F)(F)F. The highest BCUT2D eigenvalue weighted by molar-refractivity contribution is 6.31. The first-order chi connectivity index (χ1) is 6.73. The molecule has 0 aliphatic heterocycles. The van der Waals surface area contributed by atoms with E-state index in [1.807, 2.05) is 0 Å². The summed E-state index contributed by atoms with van der Waals surface area (Å²) in [4.78, 5) is 12.2. The number of aromatic nitrogens is 1. The smallest absolute Gasteiger partial charge is 0.319 e. The maximum absolute atomic E-state index is 12.1. The van der Waals surface area contributed by atoms with Crippen molar-refractivity contribution in [1.29, 1.82) is 0 Å². The second kappa shape index (κ2) is 3.80. The fourth-order valence-corrected chi connectivity index (χ4v) is 1.13. The van der Waals surface area contributed by atoms with Crippen LogP contribution in [0, 0.1) is 0 Å². The summed E-state index contributed by atoms with van der Waals surface area (Å²) < 4.78 is 60.5. The minimum Gasteiger partial charge on any atom is -0.319 e. The maximum Gasteiger partial charge on any atom is 0.421 e. The molecule has 1 aromatic rings. The van der Waals surface area contributed by atoms with Crippen LogP contribution in [0.3, 0.4) is 0 Å². The van der Waals surface area contributed by atoms with Gasteiger partial charge in [-0.1, -0.05) is 11.6 Å². The monoisotopic (exact) mass is 247 g/mol. The Morgan fingerprint density at radius 1 is 1.33 bits per heavy atom. The molecule has 1 N–H and O–H groups in total. The van der Waals surface area contributed by atoms with Gasteiger partial charge in [0.15, 0.2) is 0 Å². The van der Waals surface area contributed by atoms with Crippen molar-refractivity contribution < 1.29 is 22.0 Å². The van der Waals surface area contributed by atoms with Gasteiger partial charge in [0.05, 0.1) is 5.02 Å². The van der Waals surface area contributed by atoms with Crippen molar-refractivity contribution in [3.05, 3.63) is 32.7 Å². The molecule has 8 heteroatoms. The molecule has 0 aliphatic rings. The average Bonchev–Trinajstić information content (AvgIpc) is 2.06. The summed E-state index contributed by atoms with van der Waals surface area (Å²) in [6.07, 6.45) is -8.05. The lowest BCUT2D eigenvalue weighted by molar-refractivity contribution is -0.138. The Bertz CT molecular complexity index is 424. The third kappa shape index (κ3) is 2.47. The molecule has 0 spiro atoms. The molecule has 84 valence electrons. The normalized spacial score (nSPS) is 12.2. The molecule has 0 bridgehead atoms. The van der Waals surface area contributed by atoms with Gasteiger partial charge in [-0.25, -0.2) is 8.78 Å². The summed E-state index contributed by atoms with van der Waals surface area (Å²) >= 11 is 5.15. The second-order valence-corrected chi connectivity index (χ2v) is 2.98. The fraction of sp³-hybridized carbons (Fsp3) is 0.286. The van der Waals surface area contributed by atoms with E-state index in [2.05, 4.69) is 0 Å². The quantitative estimate of drug-likeness (QED) is 0.761. The minimum absolute atomic E-state index is 0.182. The summed E-state index contributed by atoms with van der Waals surface area (Å²) in [5, 5.41) is -0.822. The summed E-state index contributed by atoms with van der Waals surface area (Å²) in [6.45, 7) is 0. The molecule has 0 aromatic carbocycles. The molecule has 0 amide bonds. The number of rotatable bonds is 1. The molecule has 0 radical (unpaired) electrons. The van der Waals surface area contributed by atoms with E-state index in [0.717, 1.165) is 0 Å². The number of pyridine rings is 1. The molecule has 0 aliphatic carbocycles. The molecule has 2 nitrogen and oxygen atoms in total. The van der Waals surface area contributed by atoms with E-state index in [9.17, 15) is 26.7 Å². The highest BCUT2D eigenvalue weighted by atomic mass is 35.5. The highest BCUT2D eigenvalue weighted by Crippen LogP contribution is 2.31. The largest absolute Gasteiger partial charge is 0.421 e. The van der Waals surface area contributed by atoms with Gasteiger partial charge in [0, 0.05) is 0 Å². The molecule has 15 heavy (non-hydrogen) atoms. The van der Waals surface area contributed by atoms with Gasteiger partial charge in [0.1, 0.15) is 11.3 Å². The second-order valence-electron chi connectivity index (χ2n) is 2.57. The Balaban J connectivity index is 3.39. The molecule has 1 rings (SSSR count). The van der Waals surface area contributed by atoms with Gasteiger partial charge in [-0.15, -0.1) is 0 Å². The minimum atomic E-state index is -4.92. The number of hydrogen-bond acceptors (Lipinski definition) is 1. The van der Waals surface area contributed by atoms with Crippen molar-refractivity contribution in [2.24, 2.45) is 0 Å². The van der Waals surface area contributed by atoms with Crippen LogP contribution in [0.2, 0.25) is 5.02 Å². The van der Waals surface area contributed by atoms with Crippen LogP contribution in [-0.2, 0) is 6.18 Å². The van der Waals surface area contributed by atoms with Crippen LogP contribution in [0.25, 0.3) is 0 Å². The van der Waals surface area contributed by atoms with Crippen molar-refractivity contribution in [1.82, 2.24) is 4.98 Å². The predicted octanol–water partition coefficient (Wildman–Crippen LogP) is 2.98. The van der Waals surface area contributed by atoms with Crippen LogP contribution in [-0.4, -0.2) is 4.98 Å². The highest BCUT2D eigenvalue weighted by Gasteiger charge is 2.35. The molecule has 0 unspecified atom stereocenters. The number of nitrogens with one attached hydrogen (secondary N) is 1. The summed E-state index contributed by atoms with van der Waals surface area (Å²) in [5.74, 6) is 0. The van der Waals surface area contributed by atoms with Gasteiger partial charge < -0.3 is 4.98 Å². The molecule has 0 saturated carbocycles. The van der Waals surface area contributed by atoms with Crippen molar-refractivity contribution in [3.63, 3.8) is 0 Å². The summed E-state index contributed by atoms with van der Waals surface area (Å²) in [6, 6.07) is 0.182. The average molecular weight is 248 g/mol. The van der Waals surface area contributed by atoms with Crippen LogP contribution in [0.15, 0.2) is 10.9 Å². The Hall–Kier alpha value is -1.11. The number of aromatic amines is 1. The van der Waals surface area contributed by atoms with Crippen LogP contribution in [0.4, 0.5) is 22.0 Å². The molecule has 0 atom stereocenters. The van der Waals surface area contributed by atoms with Gasteiger partial charge >= 0.3 is 6.18 Å². The Morgan fingerprint density at radius 3 is 2.27 bits per heavy atom. The maximum atomic E-state index is 12.1. The van der Waals surface area contributed by atoms with Crippen LogP contribution in [0.5, 0.6) is 0 Å². The Labute approximate surface area is 84.7 Å². The zero-order valence-corrected chi connectivity index (χ0v) is 7.59. The lowest BCUT2D eigenvalue weighted by Crippen LogP contribution is -2.22. The fourth-order valence-electron chi connectivity index (χ4n) is 0.889. The van der Waals surface area contributed by atoms with E-state index < -0.39 is 34.4 Å². The molecule has 0 saturated heterocycles. The zero-order valence-electron chi connectivity index (χ0n) is 6.83.